The van der Waals surface area contributed by atoms with E-state index in [-0.39, 0.29) is 0 Å². The number of thioether (sulfide) groups is 1. The van der Waals surface area contributed by atoms with Crippen LogP contribution in [0.3, 0.4) is 0 Å². The maximum Gasteiger partial charge on any atom is 0.128 e. The molecule has 0 unspecified atom stereocenters. The van der Waals surface area contributed by atoms with Crippen LogP contribution < -0.4 is 9.64 Å². The molecule has 0 fully saturated rings. The number of ether oxygens (including phenoxy) is 1. The Hall–Kier alpha value is -1.13. The number of benzene rings is 2. The summed E-state index contributed by atoms with van der Waals surface area (Å²) in [6.07, 6.45) is 0.979. The van der Waals surface area contributed by atoms with Gasteiger partial charge in [-0.1, -0.05) is 31.2 Å². The van der Waals surface area contributed by atoms with E-state index in [1.165, 1.54) is 31.5 Å². The number of halogens is 1. The normalized spacial score (nSPS) is 14.6. The fourth-order valence-electron chi connectivity index (χ4n) is 2.88. The second-order valence-corrected chi connectivity index (χ2v) is 7.12. The maximum atomic E-state index is 5.59. The first-order chi connectivity index (χ1) is 10.2. The predicted molar refractivity (Wildman–Crippen MR) is 96.7 cm³/mol. The molecule has 1 aliphatic heterocycles. The Bertz CT molecular complexity index is 726. The molecule has 2 aromatic rings. The molecule has 0 bridgehead atoms. The van der Waals surface area contributed by atoms with Gasteiger partial charge in [0.05, 0.1) is 17.4 Å². The lowest BCUT2D eigenvalue weighted by atomic mass is 9.98. The molecule has 0 atom stereocenters. The Balaban J connectivity index is 2.25. The first kappa shape index (κ1) is 14.8. The van der Waals surface area contributed by atoms with Crippen LogP contribution in [-0.4, -0.2) is 19.9 Å². The summed E-state index contributed by atoms with van der Waals surface area (Å²) >= 11 is 5.67. The van der Waals surface area contributed by atoms with E-state index in [2.05, 4.69) is 53.0 Å². The average molecular weight is 364 g/mol. The average Bonchev–Trinajstić information content (AvgIpc) is 2.51. The quantitative estimate of drug-likeness (QED) is 0.699. The lowest BCUT2D eigenvalue weighted by Gasteiger charge is -2.31. The Labute approximate surface area is 138 Å². The van der Waals surface area contributed by atoms with E-state index in [1.807, 2.05) is 23.9 Å². The highest BCUT2D eigenvalue weighted by atomic mass is 79.9. The minimum atomic E-state index is 0.933. The summed E-state index contributed by atoms with van der Waals surface area (Å²) in [7, 11) is 3.85. The van der Waals surface area contributed by atoms with Crippen molar-refractivity contribution in [3.63, 3.8) is 0 Å². The predicted octanol–water partition coefficient (Wildman–Crippen LogP) is 5.16. The lowest BCUT2D eigenvalue weighted by Crippen LogP contribution is -2.21. The molecule has 4 heteroatoms. The summed E-state index contributed by atoms with van der Waals surface area (Å²) in [5, 5.41) is 2.41. The lowest BCUT2D eigenvalue weighted by molar-refractivity contribution is 0.420. The van der Waals surface area contributed by atoms with Crippen LogP contribution >= 0.6 is 27.7 Å². The number of methoxy groups -OCH3 is 1. The molecule has 0 saturated carbocycles. The second-order valence-electron chi connectivity index (χ2n) is 5.01. The largest absolute Gasteiger partial charge is 0.496 e. The zero-order chi connectivity index (χ0) is 15.0. The monoisotopic (exact) mass is 363 g/mol. The Kier molecular flexibility index (Phi) is 4.18. The summed E-state index contributed by atoms with van der Waals surface area (Å²) in [6, 6.07) is 10.6. The van der Waals surface area contributed by atoms with Crippen molar-refractivity contribution in [1.82, 2.24) is 0 Å². The van der Waals surface area contributed by atoms with Gasteiger partial charge in [0.15, 0.2) is 0 Å². The third-order valence-electron chi connectivity index (χ3n) is 3.81. The van der Waals surface area contributed by atoms with Crippen LogP contribution in [0.2, 0.25) is 0 Å². The molecule has 0 aromatic heterocycles. The maximum absolute atomic E-state index is 5.59. The van der Waals surface area contributed by atoms with Crippen LogP contribution in [0.4, 0.5) is 5.69 Å². The van der Waals surface area contributed by atoms with Crippen molar-refractivity contribution in [1.29, 1.82) is 0 Å². The third-order valence-corrected chi connectivity index (χ3v) is 6.06. The van der Waals surface area contributed by atoms with Crippen molar-refractivity contribution in [2.45, 2.75) is 13.3 Å². The van der Waals surface area contributed by atoms with Crippen LogP contribution in [0.1, 0.15) is 12.5 Å². The Morgan fingerprint density at radius 1 is 1.29 bits per heavy atom. The van der Waals surface area contributed by atoms with Gasteiger partial charge in [-0.25, -0.2) is 0 Å². The third kappa shape index (κ3) is 2.44. The highest BCUT2D eigenvalue weighted by Crippen LogP contribution is 2.45. The molecule has 3 rings (SSSR count). The van der Waals surface area contributed by atoms with E-state index in [0.29, 0.717) is 0 Å². The summed E-state index contributed by atoms with van der Waals surface area (Å²) in [5.41, 5.74) is 2.60. The van der Waals surface area contributed by atoms with Gasteiger partial charge in [-0.3, -0.25) is 0 Å². The van der Waals surface area contributed by atoms with Crippen LogP contribution in [0.5, 0.6) is 5.75 Å². The van der Waals surface area contributed by atoms with Gasteiger partial charge in [0, 0.05) is 23.8 Å². The van der Waals surface area contributed by atoms with E-state index in [9.17, 15) is 0 Å². The molecule has 0 aliphatic carbocycles. The highest BCUT2D eigenvalue weighted by Gasteiger charge is 2.24. The number of hydrogen-bond donors (Lipinski definition) is 0. The Morgan fingerprint density at radius 3 is 2.81 bits per heavy atom. The topological polar surface area (TPSA) is 12.5 Å². The van der Waals surface area contributed by atoms with E-state index in [0.717, 1.165) is 17.9 Å². The van der Waals surface area contributed by atoms with Crippen molar-refractivity contribution >= 4 is 44.2 Å². The number of fused-ring (bicyclic) bond motifs is 3. The van der Waals surface area contributed by atoms with E-state index in [1.54, 1.807) is 7.11 Å². The van der Waals surface area contributed by atoms with Crippen molar-refractivity contribution in [3.05, 3.63) is 45.4 Å². The van der Waals surface area contributed by atoms with Crippen molar-refractivity contribution in [3.8, 4) is 5.75 Å². The zero-order valence-electron chi connectivity index (χ0n) is 12.4. The van der Waals surface area contributed by atoms with E-state index < -0.39 is 0 Å². The number of nitrogens with zero attached hydrogens (tertiary/aromatic N) is 1. The summed E-state index contributed by atoms with van der Waals surface area (Å²) < 4.78 is 6.76. The number of allylic oxidation sites excluding steroid dienone is 1. The van der Waals surface area contributed by atoms with Crippen LogP contribution in [0.15, 0.2) is 39.8 Å². The van der Waals surface area contributed by atoms with E-state index >= 15 is 0 Å². The molecular formula is C17H18BrNOS. The Morgan fingerprint density at radius 2 is 2.10 bits per heavy atom. The van der Waals surface area contributed by atoms with Crippen LogP contribution in [0, 0.1) is 0 Å². The highest BCUT2D eigenvalue weighted by molar-refractivity contribution is 9.11. The molecule has 0 spiro atoms. The smallest absolute Gasteiger partial charge is 0.128 e. The minimum absolute atomic E-state index is 0.933. The summed E-state index contributed by atoms with van der Waals surface area (Å²) in [6.45, 7) is 2.19. The van der Waals surface area contributed by atoms with Crippen molar-refractivity contribution in [2.24, 2.45) is 0 Å². The van der Waals surface area contributed by atoms with Gasteiger partial charge in [0.1, 0.15) is 5.75 Å². The van der Waals surface area contributed by atoms with Gasteiger partial charge in [0.25, 0.3) is 0 Å². The molecule has 110 valence electrons. The molecule has 2 aromatic carbocycles. The molecule has 0 amide bonds. The second kappa shape index (κ2) is 5.93. The molecule has 1 heterocycles. The molecular weight excluding hydrogens is 346 g/mol. The van der Waals surface area contributed by atoms with Crippen molar-refractivity contribution in [2.75, 3.05) is 24.8 Å². The van der Waals surface area contributed by atoms with Crippen LogP contribution in [-0.2, 0) is 6.42 Å². The summed E-state index contributed by atoms with van der Waals surface area (Å²) in [5.74, 6) is 2.02. The summed E-state index contributed by atoms with van der Waals surface area (Å²) in [4.78, 5) is 3.63. The fraction of sp³-hybridized carbons (Fsp3) is 0.294. The van der Waals surface area contributed by atoms with Gasteiger partial charge in [-0.2, -0.15) is 0 Å². The van der Waals surface area contributed by atoms with Gasteiger partial charge in [0.2, 0.25) is 0 Å². The number of hydrogen-bond acceptors (Lipinski definition) is 3. The van der Waals surface area contributed by atoms with Gasteiger partial charge in [-0.05, 0) is 38.7 Å². The first-order valence-electron chi connectivity index (χ1n) is 7.01. The van der Waals surface area contributed by atoms with Crippen molar-refractivity contribution < 1.29 is 4.74 Å². The zero-order valence-corrected chi connectivity index (χ0v) is 14.8. The SMILES string of the molecule is CCSC1=C(Br)N(C)c2c(ccc3cccc(OC)c23)C1. The molecule has 0 N–H and O–H groups in total. The molecule has 2 nitrogen and oxygen atoms in total. The molecule has 21 heavy (non-hydrogen) atoms. The minimum Gasteiger partial charge on any atom is -0.496 e. The molecule has 0 radical (unpaired) electrons. The van der Waals surface area contributed by atoms with Gasteiger partial charge >= 0.3 is 0 Å². The number of anilines is 1. The standard InChI is InChI=1S/C17H18BrNOS/c1-4-21-14-10-12-9-8-11-6-5-7-13(20-3)15(11)16(12)19(2)17(14)18/h5-9H,4,10H2,1-3H3. The fourth-order valence-corrected chi connectivity index (χ4v) is 4.41. The van der Waals surface area contributed by atoms with Gasteiger partial charge < -0.3 is 9.64 Å². The van der Waals surface area contributed by atoms with Gasteiger partial charge in [-0.15, -0.1) is 11.8 Å². The van der Waals surface area contributed by atoms with E-state index in [4.69, 9.17) is 4.74 Å². The van der Waals surface area contributed by atoms with Crippen LogP contribution in [0.25, 0.3) is 10.8 Å². The first-order valence-corrected chi connectivity index (χ1v) is 8.79. The molecule has 0 saturated heterocycles. The number of rotatable bonds is 3. The molecule has 1 aliphatic rings.